The number of rotatable bonds is 7. The van der Waals surface area contributed by atoms with Crippen molar-refractivity contribution in [3.8, 4) is 11.5 Å². The van der Waals surface area contributed by atoms with E-state index in [4.69, 9.17) is 4.74 Å². The smallest absolute Gasteiger partial charge is 0.387 e. The molecular formula is C14H21F2N3O2. The van der Waals surface area contributed by atoms with Crippen molar-refractivity contribution < 1.29 is 18.3 Å². The summed E-state index contributed by atoms with van der Waals surface area (Å²) in [7, 11) is 1.64. The molecule has 0 spiro atoms. The van der Waals surface area contributed by atoms with Crippen molar-refractivity contribution >= 4 is 5.96 Å². The largest absolute Gasteiger partial charge is 0.490 e. The molecule has 21 heavy (non-hydrogen) atoms. The maximum atomic E-state index is 12.6. The van der Waals surface area contributed by atoms with E-state index < -0.39 is 6.61 Å². The monoisotopic (exact) mass is 301 g/mol. The van der Waals surface area contributed by atoms with Gasteiger partial charge in [0.25, 0.3) is 0 Å². The van der Waals surface area contributed by atoms with E-state index >= 15 is 0 Å². The fourth-order valence-corrected chi connectivity index (χ4v) is 1.76. The van der Waals surface area contributed by atoms with Crippen LogP contribution in [-0.2, 0) is 6.54 Å². The SMILES string of the molecule is CCNC(=NC)NCc1cccc(OCC)c1OC(F)F. The molecule has 0 aliphatic rings. The number of ether oxygens (including phenoxy) is 2. The van der Waals surface area contributed by atoms with Crippen LogP contribution in [-0.4, -0.2) is 32.8 Å². The summed E-state index contributed by atoms with van der Waals surface area (Å²) < 4.78 is 35.1. The highest BCUT2D eigenvalue weighted by atomic mass is 19.3. The second kappa shape index (κ2) is 8.99. The van der Waals surface area contributed by atoms with Crippen molar-refractivity contribution in [1.29, 1.82) is 0 Å². The Morgan fingerprint density at radius 1 is 1.29 bits per heavy atom. The molecule has 0 radical (unpaired) electrons. The molecule has 7 heteroatoms. The molecule has 0 aromatic heterocycles. The highest BCUT2D eigenvalue weighted by molar-refractivity contribution is 5.79. The van der Waals surface area contributed by atoms with Crippen molar-refractivity contribution in [1.82, 2.24) is 10.6 Å². The Bertz CT molecular complexity index is 468. The lowest BCUT2D eigenvalue weighted by atomic mass is 10.2. The van der Waals surface area contributed by atoms with Gasteiger partial charge in [-0.25, -0.2) is 0 Å². The van der Waals surface area contributed by atoms with E-state index in [1.54, 1.807) is 32.2 Å². The standard InChI is InChI=1S/C14H21F2N3O2/c1-4-18-14(17-3)19-9-10-7-6-8-11(20-5-2)12(10)21-13(15)16/h6-8,13H,4-5,9H2,1-3H3,(H2,17,18,19). The van der Waals surface area contributed by atoms with Crippen LogP contribution in [0.2, 0.25) is 0 Å². The Kier molecular flexibility index (Phi) is 7.28. The molecule has 0 fully saturated rings. The summed E-state index contributed by atoms with van der Waals surface area (Å²) in [6.07, 6.45) is 0. The normalized spacial score (nSPS) is 11.4. The van der Waals surface area contributed by atoms with Gasteiger partial charge in [-0.2, -0.15) is 8.78 Å². The fourth-order valence-electron chi connectivity index (χ4n) is 1.76. The van der Waals surface area contributed by atoms with Crippen LogP contribution >= 0.6 is 0 Å². The minimum Gasteiger partial charge on any atom is -0.490 e. The molecule has 5 nitrogen and oxygen atoms in total. The Labute approximate surface area is 123 Å². The maximum Gasteiger partial charge on any atom is 0.387 e. The molecular weight excluding hydrogens is 280 g/mol. The minimum atomic E-state index is -2.90. The zero-order chi connectivity index (χ0) is 15.7. The van der Waals surface area contributed by atoms with Gasteiger partial charge < -0.3 is 20.1 Å². The van der Waals surface area contributed by atoms with Crippen LogP contribution in [0, 0.1) is 0 Å². The highest BCUT2D eigenvalue weighted by Gasteiger charge is 2.15. The van der Waals surface area contributed by atoms with E-state index in [2.05, 4.69) is 20.4 Å². The summed E-state index contributed by atoms with van der Waals surface area (Å²) in [6.45, 7) is 2.19. The molecule has 0 saturated carbocycles. The van der Waals surface area contributed by atoms with Crippen molar-refractivity contribution in [3.63, 3.8) is 0 Å². The Morgan fingerprint density at radius 2 is 2.05 bits per heavy atom. The zero-order valence-electron chi connectivity index (χ0n) is 12.5. The lowest BCUT2D eigenvalue weighted by Gasteiger charge is -2.16. The molecule has 0 unspecified atom stereocenters. The third-order valence-electron chi connectivity index (χ3n) is 2.58. The van der Waals surface area contributed by atoms with Gasteiger partial charge >= 0.3 is 6.61 Å². The van der Waals surface area contributed by atoms with Gasteiger partial charge in [-0.3, -0.25) is 4.99 Å². The minimum absolute atomic E-state index is 0.0498. The summed E-state index contributed by atoms with van der Waals surface area (Å²) in [5, 5.41) is 6.05. The van der Waals surface area contributed by atoms with Gasteiger partial charge in [-0.1, -0.05) is 12.1 Å². The van der Waals surface area contributed by atoms with Crippen LogP contribution < -0.4 is 20.1 Å². The summed E-state index contributed by atoms with van der Waals surface area (Å²) in [5.41, 5.74) is 0.570. The maximum absolute atomic E-state index is 12.6. The first-order valence-corrected chi connectivity index (χ1v) is 6.76. The van der Waals surface area contributed by atoms with Crippen molar-refractivity contribution in [2.45, 2.75) is 27.0 Å². The van der Waals surface area contributed by atoms with Crippen LogP contribution in [0.5, 0.6) is 11.5 Å². The van der Waals surface area contributed by atoms with Crippen molar-refractivity contribution in [2.75, 3.05) is 20.2 Å². The first-order valence-electron chi connectivity index (χ1n) is 6.76. The number of halogens is 2. The number of aliphatic imine (C=N–C) groups is 1. The number of nitrogens with zero attached hydrogens (tertiary/aromatic N) is 1. The number of benzene rings is 1. The van der Waals surface area contributed by atoms with Gasteiger partial charge in [0, 0.05) is 25.7 Å². The Hall–Kier alpha value is -2.05. The topological polar surface area (TPSA) is 54.9 Å². The van der Waals surface area contributed by atoms with Crippen LogP contribution in [0.15, 0.2) is 23.2 Å². The summed E-state index contributed by atoms with van der Waals surface area (Å²) in [6, 6.07) is 5.03. The average Bonchev–Trinajstić information content (AvgIpc) is 2.46. The number of nitrogens with one attached hydrogen (secondary N) is 2. The quantitative estimate of drug-likeness (QED) is 0.600. The van der Waals surface area contributed by atoms with Crippen LogP contribution in [0.4, 0.5) is 8.78 Å². The molecule has 0 amide bonds. The molecule has 0 atom stereocenters. The highest BCUT2D eigenvalue weighted by Crippen LogP contribution is 2.32. The predicted octanol–water partition coefficient (Wildman–Crippen LogP) is 2.37. The number of para-hydroxylation sites is 1. The first kappa shape index (κ1) is 17.0. The van der Waals surface area contributed by atoms with Gasteiger partial charge in [-0.05, 0) is 19.9 Å². The number of alkyl halides is 2. The van der Waals surface area contributed by atoms with Gasteiger partial charge in [0.15, 0.2) is 17.5 Å². The molecule has 0 saturated heterocycles. The molecule has 1 aromatic carbocycles. The summed E-state index contributed by atoms with van der Waals surface area (Å²) >= 11 is 0. The van der Waals surface area contributed by atoms with Crippen LogP contribution in [0.1, 0.15) is 19.4 Å². The molecule has 1 rings (SSSR count). The van der Waals surface area contributed by atoms with E-state index in [-0.39, 0.29) is 5.75 Å². The lowest BCUT2D eigenvalue weighted by molar-refractivity contribution is -0.0520. The molecule has 0 heterocycles. The van der Waals surface area contributed by atoms with Crippen LogP contribution in [0.3, 0.4) is 0 Å². The van der Waals surface area contributed by atoms with Gasteiger partial charge in [0.1, 0.15) is 0 Å². The molecule has 2 N–H and O–H groups in total. The van der Waals surface area contributed by atoms with Crippen molar-refractivity contribution in [3.05, 3.63) is 23.8 Å². The fraction of sp³-hybridized carbons (Fsp3) is 0.500. The number of hydrogen-bond donors (Lipinski definition) is 2. The van der Waals surface area contributed by atoms with E-state index in [0.717, 1.165) is 0 Å². The van der Waals surface area contributed by atoms with Gasteiger partial charge in [0.2, 0.25) is 0 Å². The predicted molar refractivity (Wildman–Crippen MR) is 78.1 cm³/mol. The first-order chi connectivity index (χ1) is 10.1. The van der Waals surface area contributed by atoms with Crippen molar-refractivity contribution in [2.24, 2.45) is 4.99 Å². The number of guanidine groups is 1. The van der Waals surface area contributed by atoms with E-state index in [1.165, 1.54) is 0 Å². The zero-order valence-corrected chi connectivity index (χ0v) is 12.5. The molecule has 1 aromatic rings. The van der Waals surface area contributed by atoms with Gasteiger partial charge in [-0.15, -0.1) is 0 Å². The third-order valence-corrected chi connectivity index (χ3v) is 2.58. The van der Waals surface area contributed by atoms with E-state index in [9.17, 15) is 8.78 Å². The number of hydrogen-bond acceptors (Lipinski definition) is 3. The second-order valence-corrected chi connectivity index (χ2v) is 4.01. The molecule has 118 valence electrons. The third kappa shape index (κ3) is 5.45. The van der Waals surface area contributed by atoms with E-state index in [1.807, 2.05) is 6.92 Å². The van der Waals surface area contributed by atoms with Gasteiger partial charge in [0.05, 0.1) is 6.61 Å². The second-order valence-electron chi connectivity index (χ2n) is 4.01. The average molecular weight is 301 g/mol. The summed E-state index contributed by atoms with van der Waals surface area (Å²) in [4.78, 5) is 4.02. The van der Waals surface area contributed by atoms with Crippen LogP contribution in [0.25, 0.3) is 0 Å². The molecule has 0 aliphatic heterocycles. The Morgan fingerprint density at radius 3 is 2.62 bits per heavy atom. The Balaban J connectivity index is 2.91. The molecule has 0 bridgehead atoms. The lowest BCUT2D eigenvalue weighted by Crippen LogP contribution is -2.36. The molecule has 0 aliphatic carbocycles. The summed E-state index contributed by atoms with van der Waals surface area (Å²) in [5.74, 6) is 0.937. The van der Waals surface area contributed by atoms with E-state index in [0.29, 0.717) is 37.0 Å².